The highest BCUT2D eigenvalue weighted by molar-refractivity contribution is 6.32. The van der Waals surface area contributed by atoms with Gasteiger partial charge in [0.15, 0.2) is 11.5 Å². The smallest absolute Gasteiger partial charge is 0.179 e. The molecule has 0 saturated heterocycles. The van der Waals surface area contributed by atoms with Crippen molar-refractivity contribution in [1.29, 1.82) is 0 Å². The van der Waals surface area contributed by atoms with E-state index in [1.807, 2.05) is 12.1 Å². The Morgan fingerprint density at radius 1 is 1.24 bits per heavy atom. The second kappa shape index (κ2) is 6.89. The number of hydrogen-bond donors (Lipinski definition) is 1. The maximum atomic E-state index is 6.28. The van der Waals surface area contributed by atoms with Crippen molar-refractivity contribution in [2.45, 2.75) is 51.6 Å². The first-order valence-corrected chi connectivity index (χ1v) is 8.45. The van der Waals surface area contributed by atoms with Crippen LogP contribution in [-0.4, -0.2) is 19.3 Å². The molecule has 4 heteroatoms. The molecule has 1 aromatic rings. The summed E-state index contributed by atoms with van der Waals surface area (Å²) in [4.78, 5) is 0. The van der Waals surface area contributed by atoms with E-state index in [9.17, 15) is 0 Å². The Kier molecular flexibility index (Phi) is 4.91. The van der Waals surface area contributed by atoms with Crippen molar-refractivity contribution in [3.63, 3.8) is 0 Å². The second-order valence-corrected chi connectivity index (χ2v) is 6.53. The molecule has 2 unspecified atom stereocenters. The van der Waals surface area contributed by atoms with Crippen LogP contribution in [0, 0.1) is 5.92 Å². The summed E-state index contributed by atoms with van der Waals surface area (Å²) in [5.74, 6) is 2.36. The van der Waals surface area contributed by atoms with E-state index in [4.69, 9.17) is 21.1 Å². The molecule has 116 valence electrons. The highest BCUT2D eigenvalue weighted by atomic mass is 35.5. The van der Waals surface area contributed by atoms with Crippen molar-refractivity contribution >= 4 is 11.6 Å². The van der Waals surface area contributed by atoms with E-state index in [-0.39, 0.29) is 0 Å². The summed E-state index contributed by atoms with van der Waals surface area (Å²) >= 11 is 6.28. The lowest BCUT2D eigenvalue weighted by Crippen LogP contribution is -2.33. The molecular formula is C17H24ClNO2. The molecule has 21 heavy (non-hydrogen) atoms. The first-order valence-electron chi connectivity index (χ1n) is 8.07. The Bertz CT molecular complexity index is 492. The molecular weight excluding hydrogens is 286 g/mol. The van der Waals surface area contributed by atoms with Crippen LogP contribution in [-0.2, 0) is 6.54 Å². The van der Waals surface area contributed by atoms with Gasteiger partial charge in [-0.25, -0.2) is 0 Å². The number of benzene rings is 1. The third-order valence-corrected chi connectivity index (χ3v) is 4.89. The Morgan fingerprint density at radius 3 is 2.95 bits per heavy atom. The molecule has 3 rings (SSSR count). The summed E-state index contributed by atoms with van der Waals surface area (Å²) in [6, 6.07) is 4.67. The van der Waals surface area contributed by atoms with E-state index < -0.39 is 0 Å². The maximum Gasteiger partial charge on any atom is 0.179 e. The molecule has 1 aromatic carbocycles. The minimum atomic E-state index is 0.574. The van der Waals surface area contributed by atoms with Gasteiger partial charge in [-0.2, -0.15) is 0 Å². The van der Waals surface area contributed by atoms with Crippen molar-refractivity contribution in [3.8, 4) is 11.5 Å². The van der Waals surface area contributed by atoms with Crippen molar-refractivity contribution in [2.75, 3.05) is 13.2 Å². The molecule has 0 amide bonds. The number of fused-ring (bicyclic) bond motifs is 1. The number of nitrogens with one attached hydrogen (secondary N) is 1. The van der Waals surface area contributed by atoms with Gasteiger partial charge in [-0.1, -0.05) is 37.8 Å². The number of rotatable bonds is 4. The fraction of sp³-hybridized carbons (Fsp3) is 0.647. The SMILES string of the molecule is CCC1CCCC(NCc2cc(Cl)c3c(c2)OCCO3)C1. The fourth-order valence-corrected chi connectivity index (χ4v) is 3.66. The summed E-state index contributed by atoms with van der Waals surface area (Å²) in [6.45, 7) is 4.32. The monoisotopic (exact) mass is 309 g/mol. The maximum absolute atomic E-state index is 6.28. The molecule has 1 fully saturated rings. The minimum Gasteiger partial charge on any atom is -0.486 e. The molecule has 2 atom stereocenters. The molecule has 2 aliphatic rings. The lowest BCUT2D eigenvalue weighted by atomic mass is 9.84. The van der Waals surface area contributed by atoms with E-state index in [1.165, 1.54) is 37.7 Å². The van der Waals surface area contributed by atoms with Gasteiger partial charge in [-0.3, -0.25) is 0 Å². The van der Waals surface area contributed by atoms with Crippen LogP contribution < -0.4 is 14.8 Å². The van der Waals surface area contributed by atoms with E-state index >= 15 is 0 Å². The summed E-state index contributed by atoms with van der Waals surface area (Å²) < 4.78 is 11.2. The van der Waals surface area contributed by atoms with Crippen molar-refractivity contribution in [3.05, 3.63) is 22.7 Å². The lowest BCUT2D eigenvalue weighted by molar-refractivity contribution is 0.171. The predicted molar refractivity (Wildman–Crippen MR) is 85.3 cm³/mol. The predicted octanol–water partition coefficient (Wildman–Crippen LogP) is 4.17. The average molecular weight is 310 g/mol. The van der Waals surface area contributed by atoms with Gasteiger partial charge in [0.1, 0.15) is 13.2 Å². The summed E-state index contributed by atoms with van der Waals surface area (Å²) in [6.07, 6.45) is 6.63. The molecule has 0 radical (unpaired) electrons. The number of ether oxygens (including phenoxy) is 2. The quantitative estimate of drug-likeness (QED) is 0.905. The lowest BCUT2D eigenvalue weighted by Gasteiger charge is -2.29. The molecule has 1 N–H and O–H groups in total. The molecule has 1 heterocycles. The van der Waals surface area contributed by atoms with Crippen LogP contribution in [0.5, 0.6) is 11.5 Å². The van der Waals surface area contributed by atoms with Gasteiger partial charge < -0.3 is 14.8 Å². The highest BCUT2D eigenvalue weighted by Gasteiger charge is 2.21. The third-order valence-electron chi connectivity index (χ3n) is 4.61. The topological polar surface area (TPSA) is 30.5 Å². The Balaban J connectivity index is 1.61. The van der Waals surface area contributed by atoms with E-state index in [2.05, 4.69) is 12.2 Å². The van der Waals surface area contributed by atoms with Gasteiger partial charge >= 0.3 is 0 Å². The van der Waals surface area contributed by atoms with Gasteiger partial charge in [0.05, 0.1) is 5.02 Å². The molecule has 0 aromatic heterocycles. The Morgan fingerprint density at radius 2 is 2.10 bits per heavy atom. The summed E-state index contributed by atoms with van der Waals surface area (Å²) in [7, 11) is 0. The zero-order valence-corrected chi connectivity index (χ0v) is 13.4. The summed E-state index contributed by atoms with van der Waals surface area (Å²) in [5, 5.41) is 4.33. The first kappa shape index (κ1) is 15.0. The first-order chi connectivity index (χ1) is 10.3. The molecule has 0 spiro atoms. The van der Waals surface area contributed by atoms with E-state index in [0.717, 1.165) is 18.2 Å². The second-order valence-electron chi connectivity index (χ2n) is 6.12. The molecule has 3 nitrogen and oxygen atoms in total. The molecule has 1 aliphatic carbocycles. The van der Waals surface area contributed by atoms with Crippen LogP contribution in [0.3, 0.4) is 0 Å². The normalized spacial score (nSPS) is 24.9. The van der Waals surface area contributed by atoms with E-state index in [1.54, 1.807) is 0 Å². The Hall–Kier alpha value is -0.930. The van der Waals surface area contributed by atoms with E-state index in [0.29, 0.717) is 30.0 Å². The number of hydrogen-bond acceptors (Lipinski definition) is 3. The molecule has 0 bridgehead atoms. The molecule has 1 saturated carbocycles. The standard InChI is InChI=1S/C17H24ClNO2/c1-2-12-4-3-5-14(8-12)19-11-13-9-15(18)17-16(10-13)20-6-7-21-17/h9-10,12,14,19H,2-8,11H2,1H3. The fourth-order valence-electron chi connectivity index (χ4n) is 3.38. The van der Waals surface area contributed by atoms with Crippen LogP contribution >= 0.6 is 11.6 Å². The van der Waals surface area contributed by atoms with Gasteiger partial charge in [0, 0.05) is 12.6 Å². The zero-order chi connectivity index (χ0) is 14.7. The van der Waals surface area contributed by atoms with Gasteiger partial charge in [-0.05, 0) is 36.5 Å². The van der Waals surface area contributed by atoms with Crippen LogP contribution in [0.1, 0.15) is 44.6 Å². The van der Waals surface area contributed by atoms with Crippen LogP contribution in [0.25, 0.3) is 0 Å². The largest absolute Gasteiger partial charge is 0.486 e. The van der Waals surface area contributed by atoms with Crippen LogP contribution in [0.2, 0.25) is 5.02 Å². The van der Waals surface area contributed by atoms with Crippen molar-refractivity contribution < 1.29 is 9.47 Å². The zero-order valence-electron chi connectivity index (χ0n) is 12.7. The average Bonchev–Trinajstić information content (AvgIpc) is 2.53. The highest BCUT2D eigenvalue weighted by Crippen LogP contribution is 2.38. The van der Waals surface area contributed by atoms with Crippen LogP contribution in [0.4, 0.5) is 0 Å². The van der Waals surface area contributed by atoms with Gasteiger partial charge in [-0.15, -0.1) is 0 Å². The minimum absolute atomic E-state index is 0.574. The third kappa shape index (κ3) is 3.64. The molecule has 1 aliphatic heterocycles. The summed E-state index contributed by atoms with van der Waals surface area (Å²) in [5.41, 5.74) is 1.17. The van der Waals surface area contributed by atoms with Gasteiger partial charge in [0.2, 0.25) is 0 Å². The Labute approximate surface area is 132 Å². The van der Waals surface area contributed by atoms with Crippen LogP contribution in [0.15, 0.2) is 12.1 Å². The van der Waals surface area contributed by atoms with Crippen molar-refractivity contribution in [2.24, 2.45) is 5.92 Å². The van der Waals surface area contributed by atoms with Crippen molar-refractivity contribution in [1.82, 2.24) is 5.32 Å². The van der Waals surface area contributed by atoms with Gasteiger partial charge in [0.25, 0.3) is 0 Å². The number of halogens is 1.